The van der Waals surface area contributed by atoms with Crippen molar-refractivity contribution in [2.24, 2.45) is 5.73 Å². The maximum Gasteiger partial charge on any atom is 0.226 e. The van der Waals surface area contributed by atoms with Gasteiger partial charge in [0, 0.05) is 12.5 Å². The van der Waals surface area contributed by atoms with E-state index >= 15 is 0 Å². The van der Waals surface area contributed by atoms with E-state index in [1.807, 2.05) is 25.1 Å². The first-order valence-corrected chi connectivity index (χ1v) is 7.48. The number of hydrogen-bond donors (Lipinski definition) is 1. The molecule has 0 saturated heterocycles. The Hall–Kier alpha value is -1.59. The molecule has 5 nitrogen and oxygen atoms in total. The van der Waals surface area contributed by atoms with Gasteiger partial charge in [-0.3, -0.25) is 0 Å². The van der Waals surface area contributed by atoms with Gasteiger partial charge in [0.25, 0.3) is 0 Å². The fraction of sp³-hybridized carbons (Fsp3) is 0.467. The summed E-state index contributed by atoms with van der Waals surface area (Å²) in [5.41, 5.74) is 7.05. The Bertz CT molecular complexity index is 586. The fourth-order valence-corrected chi connectivity index (χ4v) is 2.13. The zero-order valence-electron chi connectivity index (χ0n) is 12.3. The maximum absolute atomic E-state index is 6.22. The molecule has 1 unspecified atom stereocenters. The third kappa shape index (κ3) is 4.44. The number of benzene rings is 1. The van der Waals surface area contributed by atoms with Gasteiger partial charge in [-0.05, 0) is 30.5 Å². The first-order valence-electron chi connectivity index (χ1n) is 7.10. The van der Waals surface area contributed by atoms with Crippen LogP contribution in [0.15, 0.2) is 22.7 Å². The van der Waals surface area contributed by atoms with Crippen molar-refractivity contribution in [2.45, 2.75) is 45.8 Å². The summed E-state index contributed by atoms with van der Waals surface area (Å²) in [6.45, 7) is 4.25. The minimum absolute atomic E-state index is 0.152. The van der Waals surface area contributed by atoms with E-state index in [0.29, 0.717) is 28.9 Å². The van der Waals surface area contributed by atoms with E-state index in [4.69, 9.17) is 26.6 Å². The molecule has 1 aromatic heterocycles. The maximum atomic E-state index is 6.22. The Morgan fingerprint density at radius 1 is 1.38 bits per heavy atom. The number of nitrogens with zero attached hydrogens (tertiary/aromatic N) is 2. The van der Waals surface area contributed by atoms with Crippen molar-refractivity contribution in [3.8, 4) is 5.75 Å². The molecule has 0 aliphatic carbocycles. The number of hydrogen-bond acceptors (Lipinski definition) is 5. The Morgan fingerprint density at radius 2 is 2.19 bits per heavy atom. The molecule has 0 amide bonds. The molecule has 0 aliphatic heterocycles. The summed E-state index contributed by atoms with van der Waals surface area (Å²) in [6, 6.07) is 5.87. The highest BCUT2D eigenvalue weighted by Gasteiger charge is 2.09. The molecular formula is C15H20ClN3O2. The van der Waals surface area contributed by atoms with E-state index in [-0.39, 0.29) is 12.6 Å². The fourth-order valence-electron chi connectivity index (χ4n) is 1.87. The minimum atomic E-state index is 0.152. The molecule has 0 aliphatic rings. The van der Waals surface area contributed by atoms with E-state index in [1.54, 1.807) is 0 Å². The summed E-state index contributed by atoms with van der Waals surface area (Å²) in [6.07, 6.45) is 2.45. The van der Waals surface area contributed by atoms with Crippen LogP contribution in [0.25, 0.3) is 0 Å². The monoisotopic (exact) mass is 309 g/mol. The van der Waals surface area contributed by atoms with Crippen LogP contribution < -0.4 is 10.5 Å². The Kier molecular flexibility index (Phi) is 5.59. The summed E-state index contributed by atoms with van der Waals surface area (Å²) >= 11 is 6.22. The van der Waals surface area contributed by atoms with Gasteiger partial charge < -0.3 is 15.0 Å². The summed E-state index contributed by atoms with van der Waals surface area (Å²) in [7, 11) is 0. The molecule has 0 saturated carbocycles. The van der Waals surface area contributed by atoms with Gasteiger partial charge in [0.1, 0.15) is 5.75 Å². The molecule has 0 bridgehead atoms. The van der Waals surface area contributed by atoms with Crippen LogP contribution in [-0.4, -0.2) is 16.2 Å². The van der Waals surface area contributed by atoms with Crippen molar-refractivity contribution < 1.29 is 9.26 Å². The van der Waals surface area contributed by atoms with Crippen molar-refractivity contribution in [1.29, 1.82) is 0 Å². The average molecular weight is 310 g/mol. The third-order valence-corrected chi connectivity index (χ3v) is 3.48. The smallest absolute Gasteiger partial charge is 0.226 e. The SMILES string of the molecule is CCc1nc(COc2ccc(CC(N)CC)cc2Cl)no1. The molecular weight excluding hydrogens is 290 g/mol. The van der Waals surface area contributed by atoms with Crippen LogP contribution in [0.2, 0.25) is 5.02 Å². The predicted octanol–water partition coefficient (Wildman–Crippen LogP) is 3.14. The number of rotatable bonds is 7. The molecule has 1 aromatic carbocycles. The molecule has 2 N–H and O–H groups in total. The van der Waals surface area contributed by atoms with Crippen LogP contribution >= 0.6 is 11.6 Å². The van der Waals surface area contributed by atoms with Gasteiger partial charge in [-0.2, -0.15) is 4.98 Å². The molecule has 0 fully saturated rings. The standard InChI is InChI=1S/C15H20ClN3O2/c1-3-11(17)7-10-5-6-13(12(16)8-10)20-9-14-18-15(4-2)21-19-14/h5-6,8,11H,3-4,7,9,17H2,1-2H3. The summed E-state index contributed by atoms with van der Waals surface area (Å²) in [5.74, 6) is 1.72. The second-order valence-corrected chi connectivity index (χ2v) is 5.29. The molecule has 1 heterocycles. The van der Waals surface area contributed by atoms with E-state index < -0.39 is 0 Å². The lowest BCUT2D eigenvalue weighted by Gasteiger charge is -2.11. The van der Waals surface area contributed by atoms with Gasteiger partial charge in [0.05, 0.1) is 5.02 Å². The highest BCUT2D eigenvalue weighted by molar-refractivity contribution is 6.32. The van der Waals surface area contributed by atoms with E-state index in [2.05, 4.69) is 17.1 Å². The zero-order chi connectivity index (χ0) is 15.2. The Morgan fingerprint density at radius 3 is 2.81 bits per heavy atom. The number of ether oxygens (including phenoxy) is 1. The Labute approximate surface area is 129 Å². The molecule has 0 spiro atoms. The number of aryl methyl sites for hydroxylation is 1. The largest absolute Gasteiger partial charge is 0.484 e. The lowest BCUT2D eigenvalue weighted by Crippen LogP contribution is -2.21. The average Bonchev–Trinajstić information content (AvgIpc) is 2.94. The van der Waals surface area contributed by atoms with Crippen molar-refractivity contribution >= 4 is 11.6 Å². The number of aromatic nitrogens is 2. The minimum Gasteiger partial charge on any atom is -0.484 e. The van der Waals surface area contributed by atoms with Crippen LogP contribution in [0.3, 0.4) is 0 Å². The van der Waals surface area contributed by atoms with Crippen LogP contribution in [-0.2, 0) is 19.4 Å². The molecule has 2 rings (SSSR count). The molecule has 0 radical (unpaired) electrons. The lowest BCUT2D eigenvalue weighted by atomic mass is 10.0. The van der Waals surface area contributed by atoms with Crippen molar-refractivity contribution in [3.63, 3.8) is 0 Å². The van der Waals surface area contributed by atoms with Crippen LogP contribution in [0.4, 0.5) is 0 Å². The van der Waals surface area contributed by atoms with Gasteiger partial charge in [-0.1, -0.05) is 36.7 Å². The van der Waals surface area contributed by atoms with Crippen LogP contribution in [0, 0.1) is 0 Å². The summed E-state index contributed by atoms with van der Waals surface area (Å²) in [4.78, 5) is 4.18. The second-order valence-electron chi connectivity index (χ2n) is 4.88. The first-order chi connectivity index (χ1) is 10.1. The summed E-state index contributed by atoms with van der Waals surface area (Å²) < 4.78 is 10.6. The van der Waals surface area contributed by atoms with Crippen LogP contribution in [0.5, 0.6) is 5.75 Å². The molecule has 114 valence electrons. The second kappa shape index (κ2) is 7.43. The van der Waals surface area contributed by atoms with Gasteiger partial charge in [0.15, 0.2) is 6.61 Å². The Balaban J connectivity index is 1.97. The van der Waals surface area contributed by atoms with Gasteiger partial charge in [0.2, 0.25) is 11.7 Å². The molecule has 6 heteroatoms. The molecule has 1 atom stereocenters. The van der Waals surface area contributed by atoms with Crippen LogP contribution in [0.1, 0.15) is 37.5 Å². The van der Waals surface area contributed by atoms with Crippen molar-refractivity contribution in [1.82, 2.24) is 10.1 Å². The van der Waals surface area contributed by atoms with E-state index in [1.165, 1.54) is 0 Å². The topological polar surface area (TPSA) is 74.2 Å². The predicted molar refractivity (Wildman–Crippen MR) is 81.4 cm³/mol. The first kappa shape index (κ1) is 15.8. The number of halogens is 1. The zero-order valence-corrected chi connectivity index (χ0v) is 13.1. The van der Waals surface area contributed by atoms with Crippen molar-refractivity contribution in [3.05, 3.63) is 40.5 Å². The highest BCUT2D eigenvalue weighted by atomic mass is 35.5. The van der Waals surface area contributed by atoms with E-state index in [0.717, 1.165) is 18.4 Å². The van der Waals surface area contributed by atoms with E-state index in [9.17, 15) is 0 Å². The highest BCUT2D eigenvalue weighted by Crippen LogP contribution is 2.26. The quantitative estimate of drug-likeness (QED) is 0.850. The normalized spacial score (nSPS) is 12.4. The molecule has 21 heavy (non-hydrogen) atoms. The van der Waals surface area contributed by atoms with Gasteiger partial charge >= 0.3 is 0 Å². The molecule has 2 aromatic rings. The van der Waals surface area contributed by atoms with Gasteiger partial charge in [-0.15, -0.1) is 0 Å². The lowest BCUT2D eigenvalue weighted by molar-refractivity contribution is 0.285. The summed E-state index contributed by atoms with van der Waals surface area (Å²) in [5, 5.41) is 4.39. The van der Waals surface area contributed by atoms with Crippen molar-refractivity contribution in [2.75, 3.05) is 0 Å². The third-order valence-electron chi connectivity index (χ3n) is 3.19. The number of nitrogens with two attached hydrogens (primary N) is 1. The van der Waals surface area contributed by atoms with Gasteiger partial charge in [-0.25, -0.2) is 0 Å².